The van der Waals surface area contributed by atoms with Crippen LogP contribution in [0.25, 0.3) is 0 Å². The molecule has 1 fully saturated rings. The Morgan fingerprint density at radius 1 is 1.23 bits per heavy atom. The third kappa shape index (κ3) is 1.36. The summed E-state index contributed by atoms with van der Waals surface area (Å²) in [5.74, 6) is -0.299. The summed E-state index contributed by atoms with van der Waals surface area (Å²) in [6.45, 7) is 0.876. The molecule has 13 heavy (non-hydrogen) atoms. The largest absolute Gasteiger partial charge is 0.625 e. The number of carbonyl (C=O) groups excluding carboxylic acids is 1. The van der Waals surface area contributed by atoms with Gasteiger partial charge in [0, 0.05) is 6.42 Å². The van der Waals surface area contributed by atoms with Gasteiger partial charge in [0.2, 0.25) is 0 Å². The molecule has 0 N–H and O–H groups in total. The molecule has 0 unspecified atom stereocenters. The molecule has 1 aromatic carbocycles. The topological polar surface area (TPSA) is 40.1 Å². The molecule has 1 aliphatic heterocycles. The number of amides is 1. The van der Waals surface area contributed by atoms with Gasteiger partial charge in [-0.2, -0.15) is 0 Å². The highest BCUT2D eigenvalue weighted by molar-refractivity contribution is 5.89. The van der Waals surface area contributed by atoms with Gasteiger partial charge < -0.3 is 5.21 Å². The first kappa shape index (κ1) is 8.41. The van der Waals surface area contributed by atoms with Gasteiger partial charge in [0.05, 0.1) is 18.7 Å². The van der Waals surface area contributed by atoms with E-state index in [1.165, 1.54) is 0 Å². The number of hydrogen-bond acceptors (Lipinski definition) is 2. The van der Waals surface area contributed by atoms with Gasteiger partial charge in [-0.05, 0) is 12.1 Å². The highest BCUT2D eigenvalue weighted by Crippen LogP contribution is 2.21. The average molecular weight is 177 g/mol. The van der Waals surface area contributed by atoms with Crippen molar-refractivity contribution in [3.8, 4) is 0 Å². The Hall–Kier alpha value is -1.19. The van der Waals surface area contributed by atoms with Crippen LogP contribution in [0.15, 0.2) is 30.3 Å². The van der Waals surface area contributed by atoms with Crippen LogP contribution in [0.3, 0.4) is 0 Å². The van der Waals surface area contributed by atoms with Crippen molar-refractivity contribution in [1.82, 2.24) is 0 Å². The normalized spacial score (nSPS) is 19.2. The molecule has 0 aliphatic carbocycles. The number of hydroxylamine groups is 3. The van der Waals surface area contributed by atoms with E-state index in [-0.39, 0.29) is 5.91 Å². The van der Waals surface area contributed by atoms with Gasteiger partial charge in [-0.1, -0.05) is 18.2 Å². The van der Waals surface area contributed by atoms with E-state index in [2.05, 4.69) is 0 Å². The second-order valence-corrected chi connectivity index (χ2v) is 3.36. The number of hydrogen-bond donors (Lipinski definition) is 0. The molecule has 0 aromatic heterocycles. The number of nitrogens with zero attached hydrogens (tertiary/aromatic N) is 1. The standard InChI is InChI=1S/C10H11NO2/c12-10(11(13)7-4-8-11)9-5-2-1-3-6-9/h1-3,5-6H,4,7-8H2. The zero-order chi connectivity index (χ0) is 9.31. The minimum Gasteiger partial charge on any atom is -0.625 e. The maximum absolute atomic E-state index is 11.6. The van der Waals surface area contributed by atoms with Crippen molar-refractivity contribution < 1.29 is 9.44 Å². The maximum Gasteiger partial charge on any atom is 0.345 e. The van der Waals surface area contributed by atoms with E-state index in [0.29, 0.717) is 18.7 Å². The quantitative estimate of drug-likeness (QED) is 0.482. The van der Waals surface area contributed by atoms with Gasteiger partial charge in [0.25, 0.3) is 0 Å². The minimum atomic E-state index is -0.663. The first-order valence-electron chi connectivity index (χ1n) is 4.40. The minimum absolute atomic E-state index is 0.299. The monoisotopic (exact) mass is 177 g/mol. The Morgan fingerprint density at radius 2 is 1.85 bits per heavy atom. The van der Waals surface area contributed by atoms with Crippen LogP contribution >= 0.6 is 0 Å². The molecule has 0 atom stereocenters. The molecule has 1 aliphatic rings. The molecule has 2 rings (SSSR count). The number of likely N-dealkylation sites (tertiary alicyclic amines) is 1. The number of quaternary nitrogens is 1. The lowest BCUT2D eigenvalue weighted by molar-refractivity contribution is -0.839. The number of carbonyl (C=O) groups is 1. The van der Waals surface area contributed by atoms with Crippen molar-refractivity contribution in [1.29, 1.82) is 0 Å². The molecule has 68 valence electrons. The summed E-state index contributed by atoms with van der Waals surface area (Å²) in [4.78, 5) is 11.6. The number of benzene rings is 1. The van der Waals surface area contributed by atoms with E-state index in [1.54, 1.807) is 24.3 Å². The first-order chi connectivity index (χ1) is 6.22. The number of rotatable bonds is 1. The summed E-state index contributed by atoms with van der Waals surface area (Å²) in [6.07, 6.45) is 0.863. The van der Waals surface area contributed by atoms with E-state index in [9.17, 15) is 10.0 Å². The fraction of sp³-hybridized carbons (Fsp3) is 0.300. The van der Waals surface area contributed by atoms with E-state index in [4.69, 9.17) is 0 Å². The zero-order valence-corrected chi connectivity index (χ0v) is 7.27. The predicted octanol–water partition coefficient (Wildman–Crippen LogP) is 1.55. The fourth-order valence-electron chi connectivity index (χ4n) is 1.46. The summed E-state index contributed by atoms with van der Waals surface area (Å²) < 4.78 is -0.663. The van der Waals surface area contributed by atoms with Gasteiger partial charge in [-0.25, -0.2) is 4.79 Å². The van der Waals surface area contributed by atoms with Crippen LogP contribution in [-0.4, -0.2) is 23.6 Å². The lowest BCUT2D eigenvalue weighted by Crippen LogP contribution is -2.56. The van der Waals surface area contributed by atoms with Crippen molar-refractivity contribution in [3.63, 3.8) is 0 Å². The lowest BCUT2D eigenvalue weighted by Gasteiger charge is -2.46. The van der Waals surface area contributed by atoms with Gasteiger partial charge >= 0.3 is 5.91 Å². The molecule has 0 spiro atoms. The van der Waals surface area contributed by atoms with Crippen molar-refractivity contribution in [2.75, 3.05) is 13.1 Å². The van der Waals surface area contributed by atoms with Gasteiger partial charge in [0.15, 0.2) is 0 Å². The second kappa shape index (κ2) is 2.94. The third-order valence-electron chi connectivity index (χ3n) is 2.43. The maximum atomic E-state index is 11.6. The van der Waals surface area contributed by atoms with Crippen molar-refractivity contribution >= 4 is 5.91 Å². The predicted molar refractivity (Wildman–Crippen MR) is 48.8 cm³/mol. The molecule has 1 heterocycles. The highest BCUT2D eigenvalue weighted by atomic mass is 16.6. The average Bonchev–Trinajstić information content (AvgIpc) is 2.14. The Labute approximate surface area is 76.8 Å². The first-order valence-corrected chi connectivity index (χ1v) is 4.40. The van der Waals surface area contributed by atoms with E-state index < -0.39 is 4.65 Å². The third-order valence-corrected chi connectivity index (χ3v) is 2.43. The molecule has 1 amide bonds. The van der Waals surface area contributed by atoms with Crippen LogP contribution in [0.1, 0.15) is 16.8 Å². The van der Waals surface area contributed by atoms with Crippen LogP contribution in [-0.2, 0) is 0 Å². The fourth-order valence-corrected chi connectivity index (χ4v) is 1.46. The van der Waals surface area contributed by atoms with Gasteiger partial charge in [0.1, 0.15) is 0 Å². The molecule has 0 radical (unpaired) electrons. The molecule has 1 saturated heterocycles. The molecule has 0 bridgehead atoms. The van der Waals surface area contributed by atoms with Crippen LogP contribution in [0.2, 0.25) is 0 Å². The highest BCUT2D eigenvalue weighted by Gasteiger charge is 2.35. The van der Waals surface area contributed by atoms with Crippen molar-refractivity contribution in [3.05, 3.63) is 41.1 Å². The van der Waals surface area contributed by atoms with Crippen LogP contribution < -0.4 is 0 Å². The molecular formula is C10H11NO2. The SMILES string of the molecule is O=C(c1ccccc1)[N+]1([O-])CCC1. The van der Waals surface area contributed by atoms with E-state index >= 15 is 0 Å². The summed E-state index contributed by atoms with van der Waals surface area (Å²) in [5.41, 5.74) is 0.525. The van der Waals surface area contributed by atoms with Crippen molar-refractivity contribution in [2.45, 2.75) is 6.42 Å². The summed E-state index contributed by atoms with van der Waals surface area (Å²) in [5, 5.41) is 11.6. The molecule has 3 heteroatoms. The smallest absolute Gasteiger partial charge is 0.345 e. The van der Waals surface area contributed by atoms with Gasteiger partial charge in [-0.3, -0.25) is 4.65 Å². The molecular weight excluding hydrogens is 166 g/mol. The van der Waals surface area contributed by atoms with Crippen LogP contribution in [0, 0.1) is 5.21 Å². The Bertz CT molecular complexity index is 317. The molecule has 0 saturated carbocycles. The zero-order valence-electron chi connectivity index (χ0n) is 7.27. The Kier molecular flexibility index (Phi) is 1.90. The van der Waals surface area contributed by atoms with E-state index in [1.807, 2.05) is 6.07 Å². The van der Waals surface area contributed by atoms with Crippen LogP contribution in [0.5, 0.6) is 0 Å². The lowest BCUT2D eigenvalue weighted by atomic mass is 10.1. The van der Waals surface area contributed by atoms with Crippen LogP contribution in [0.4, 0.5) is 0 Å². The second-order valence-electron chi connectivity index (χ2n) is 3.36. The Balaban J connectivity index is 2.23. The molecule has 3 nitrogen and oxygen atoms in total. The van der Waals surface area contributed by atoms with E-state index in [0.717, 1.165) is 6.42 Å². The summed E-state index contributed by atoms with van der Waals surface area (Å²) in [7, 11) is 0. The van der Waals surface area contributed by atoms with Gasteiger partial charge in [-0.15, -0.1) is 0 Å². The Morgan fingerprint density at radius 3 is 2.31 bits per heavy atom. The summed E-state index contributed by atoms with van der Waals surface area (Å²) >= 11 is 0. The van der Waals surface area contributed by atoms with Crippen molar-refractivity contribution in [2.24, 2.45) is 0 Å². The molecule has 1 aromatic rings. The summed E-state index contributed by atoms with van der Waals surface area (Å²) in [6, 6.07) is 8.78.